The normalized spacial score (nSPS) is 13.5. The Bertz CT molecular complexity index is 2850. The predicted octanol–water partition coefficient (Wildman–Crippen LogP) is 13.3. The summed E-state index contributed by atoms with van der Waals surface area (Å²) in [5.74, 6) is 0. The molecule has 8 rings (SSSR count). The molecule has 54 heavy (non-hydrogen) atoms. The van der Waals surface area contributed by atoms with Crippen molar-refractivity contribution < 1.29 is 4.42 Å². The topological polar surface area (TPSA) is 13.1 Å². The minimum atomic E-state index is 0.801. The molecule has 0 fully saturated rings. The summed E-state index contributed by atoms with van der Waals surface area (Å²) in [6.45, 7) is 10.7. The Balaban J connectivity index is 1.21. The smallest absolute Gasteiger partial charge is 0.136 e. The lowest BCUT2D eigenvalue weighted by Crippen LogP contribution is -2.19. The maximum atomic E-state index is 6.44. The molecule has 0 bridgehead atoms. The fourth-order valence-electron chi connectivity index (χ4n) is 7.74. The van der Waals surface area contributed by atoms with Gasteiger partial charge in [-0.15, -0.1) is 12.6 Å². The van der Waals surface area contributed by atoms with Crippen LogP contribution in [-0.2, 0) is 0 Å². The molecule has 1 heterocycles. The van der Waals surface area contributed by atoms with Crippen molar-refractivity contribution >= 4 is 74.5 Å². The first-order valence-corrected chi connectivity index (χ1v) is 19.0. The van der Waals surface area contributed by atoms with Crippen LogP contribution < -0.4 is 10.6 Å². The highest BCUT2D eigenvalue weighted by Gasteiger charge is 2.14. The van der Waals surface area contributed by atoms with Crippen LogP contribution in [0.25, 0.3) is 73.0 Å². The molecule has 0 amide bonds. The van der Waals surface area contributed by atoms with E-state index >= 15 is 0 Å². The maximum absolute atomic E-state index is 6.44. The number of allylic oxidation sites excluding steroid dienone is 4. The first kappa shape index (κ1) is 35.0. The van der Waals surface area contributed by atoms with Gasteiger partial charge in [-0.3, -0.25) is 0 Å². The fourth-order valence-corrected chi connectivity index (χ4v) is 8.07. The molecule has 0 unspecified atom stereocenters. The van der Waals surface area contributed by atoms with Gasteiger partial charge in [-0.25, -0.2) is 0 Å². The van der Waals surface area contributed by atoms with Crippen molar-refractivity contribution in [3.8, 4) is 11.1 Å². The predicted molar refractivity (Wildman–Crippen MR) is 236 cm³/mol. The maximum Gasteiger partial charge on any atom is 0.136 e. The van der Waals surface area contributed by atoms with E-state index in [1.807, 2.05) is 25.1 Å². The number of rotatable bonds is 7. The highest BCUT2D eigenvalue weighted by atomic mass is 32.1. The highest BCUT2D eigenvalue weighted by Crippen LogP contribution is 2.36. The van der Waals surface area contributed by atoms with E-state index in [-0.39, 0.29) is 0 Å². The number of benzene rings is 5. The molecular formula is C52H42OS. The zero-order valence-electron chi connectivity index (χ0n) is 30.6. The van der Waals surface area contributed by atoms with Crippen LogP contribution >= 0.6 is 12.6 Å². The molecule has 0 saturated carbocycles. The average molecular weight is 715 g/mol. The molecule has 1 aliphatic rings. The molecule has 0 radical (unpaired) electrons. The Morgan fingerprint density at radius 2 is 1.41 bits per heavy atom. The molecule has 0 spiro atoms. The van der Waals surface area contributed by atoms with Gasteiger partial charge >= 0.3 is 0 Å². The van der Waals surface area contributed by atoms with Crippen LogP contribution in [0.3, 0.4) is 0 Å². The molecule has 1 nitrogen and oxygen atoms in total. The molecule has 7 aromatic rings. The minimum Gasteiger partial charge on any atom is -0.456 e. The molecular weight excluding hydrogens is 673 g/mol. The van der Waals surface area contributed by atoms with Gasteiger partial charge in [0.1, 0.15) is 11.0 Å². The first-order valence-electron chi connectivity index (χ1n) is 18.6. The second-order valence-electron chi connectivity index (χ2n) is 13.7. The average Bonchev–Trinajstić information content (AvgIpc) is 3.56. The lowest BCUT2D eigenvalue weighted by molar-refractivity contribution is 0.575. The van der Waals surface area contributed by atoms with E-state index in [1.54, 1.807) is 0 Å². The van der Waals surface area contributed by atoms with Crippen molar-refractivity contribution in [2.75, 3.05) is 0 Å². The molecule has 0 N–H and O–H groups in total. The number of hydrogen-bond acceptors (Lipinski definition) is 2. The van der Waals surface area contributed by atoms with Crippen molar-refractivity contribution in [3.05, 3.63) is 203 Å². The van der Waals surface area contributed by atoms with Crippen molar-refractivity contribution in [3.63, 3.8) is 0 Å². The molecule has 0 saturated heterocycles. The zero-order chi connectivity index (χ0) is 37.0. The van der Waals surface area contributed by atoms with E-state index in [1.165, 1.54) is 27.5 Å². The Morgan fingerprint density at radius 3 is 2.22 bits per heavy atom. The number of fused-ring (bicyclic) bond motifs is 3. The van der Waals surface area contributed by atoms with E-state index in [9.17, 15) is 0 Å². The summed E-state index contributed by atoms with van der Waals surface area (Å²) in [4.78, 5) is 0.955. The largest absolute Gasteiger partial charge is 0.456 e. The monoisotopic (exact) mass is 714 g/mol. The zero-order valence-corrected chi connectivity index (χ0v) is 31.5. The molecule has 0 aliphatic heterocycles. The standard InChI is InChI=1S/C52H42OS/c1-4-37-19-13-14-23-42(37)35(3)43-24-11-6-7-12-25-44(46-27-16-15-26-45(43)46)39-22-17-18-36(30-39)28-29-47-49-32-40-31-48(38-20-9-8-10-21-38)52(54)34-41(40)33-51(49)53-50(47)5-2/h4-16,18-21,23-27,29-34,54H,1,3,17,22,28H2,2H3/b7-6?,11-6?,12-7?,24-11?,25-12?,43-24?,44-25?,45-43?,46-44?,47-29-,50-5+. The minimum absolute atomic E-state index is 0.801. The lowest BCUT2D eigenvalue weighted by atomic mass is 9.88. The number of thiol groups is 1. The van der Waals surface area contributed by atoms with Gasteiger partial charge in [0.2, 0.25) is 0 Å². The summed E-state index contributed by atoms with van der Waals surface area (Å²) in [6.07, 6.45) is 13.9. The summed E-state index contributed by atoms with van der Waals surface area (Å²) >= 11 is 4.86. The van der Waals surface area contributed by atoms with E-state index < -0.39 is 0 Å². The van der Waals surface area contributed by atoms with E-state index in [0.29, 0.717) is 0 Å². The second-order valence-corrected chi connectivity index (χ2v) is 14.2. The molecule has 6 aromatic carbocycles. The Hall–Kier alpha value is -6.09. The summed E-state index contributed by atoms with van der Waals surface area (Å²) in [7, 11) is 0. The van der Waals surface area contributed by atoms with Gasteiger partial charge in [-0.05, 0) is 128 Å². The third-order valence-corrected chi connectivity index (χ3v) is 10.8. The SMILES string of the molecule is C=Cc1ccccc1C(=C)c1ccccccc(C2=CC(C/C=c3\c(=C/C)oc4cc5cc(S)c(-c6ccccc6)cc5cc34)=CCC2)c2ccccc12. The van der Waals surface area contributed by atoms with Crippen LogP contribution in [0.4, 0.5) is 0 Å². The third-order valence-electron chi connectivity index (χ3n) is 10.4. The number of furan rings is 1. The van der Waals surface area contributed by atoms with Gasteiger partial charge in [0.25, 0.3) is 0 Å². The molecule has 2 heteroatoms. The van der Waals surface area contributed by atoms with Crippen LogP contribution in [0.15, 0.2) is 180 Å². The van der Waals surface area contributed by atoms with Crippen LogP contribution in [0.1, 0.15) is 48.4 Å². The van der Waals surface area contributed by atoms with Crippen molar-refractivity contribution in [2.45, 2.75) is 31.1 Å². The van der Waals surface area contributed by atoms with Gasteiger partial charge in [-0.1, -0.05) is 153 Å². The van der Waals surface area contributed by atoms with Gasteiger partial charge in [0.15, 0.2) is 0 Å². The summed E-state index contributed by atoms with van der Waals surface area (Å²) in [5, 5.41) is 6.92. The summed E-state index contributed by atoms with van der Waals surface area (Å²) < 4.78 is 6.44. The van der Waals surface area contributed by atoms with Crippen molar-refractivity contribution in [2.24, 2.45) is 0 Å². The van der Waals surface area contributed by atoms with E-state index in [2.05, 4.69) is 165 Å². The molecule has 262 valence electrons. The van der Waals surface area contributed by atoms with Gasteiger partial charge < -0.3 is 4.42 Å². The molecule has 1 aromatic heterocycles. The third kappa shape index (κ3) is 6.89. The van der Waals surface area contributed by atoms with Crippen LogP contribution in [0.5, 0.6) is 0 Å². The highest BCUT2D eigenvalue weighted by molar-refractivity contribution is 7.80. The Labute approximate surface area is 323 Å². The van der Waals surface area contributed by atoms with Gasteiger partial charge in [-0.2, -0.15) is 0 Å². The summed E-state index contributed by atoms with van der Waals surface area (Å²) in [5.41, 5.74) is 12.2. The Morgan fingerprint density at radius 1 is 0.722 bits per heavy atom. The lowest BCUT2D eigenvalue weighted by Gasteiger charge is -2.16. The summed E-state index contributed by atoms with van der Waals surface area (Å²) in [6, 6.07) is 49.3. The van der Waals surface area contributed by atoms with Gasteiger partial charge in [0, 0.05) is 15.5 Å². The van der Waals surface area contributed by atoms with E-state index in [4.69, 9.17) is 17.0 Å². The number of hydrogen-bond donors (Lipinski definition) is 1. The second kappa shape index (κ2) is 15.5. The van der Waals surface area contributed by atoms with Crippen LogP contribution in [-0.4, -0.2) is 0 Å². The van der Waals surface area contributed by atoms with Crippen LogP contribution in [0.2, 0.25) is 0 Å². The quantitative estimate of drug-likeness (QED) is 0.162. The Kier molecular flexibility index (Phi) is 10.0. The van der Waals surface area contributed by atoms with Crippen molar-refractivity contribution in [1.82, 2.24) is 0 Å². The van der Waals surface area contributed by atoms with Crippen molar-refractivity contribution in [1.29, 1.82) is 0 Å². The molecule has 1 aliphatic carbocycles. The fraction of sp³-hybridized carbons (Fsp3) is 0.0769. The van der Waals surface area contributed by atoms with Gasteiger partial charge in [0.05, 0.1) is 0 Å². The first-order chi connectivity index (χ1) is 26.5. The van der Waals surface area contributed by atoms with Crippen LogP contribution in [0, 0.1) is 0 Å². The molecule has 0 atom stereocenters. The van der Waals surface area contributed by atoms with E-state index in [0.717, 1.165) is 89.9 Å².